The van der Waals surface area contributed by atoms with Gasteiger partial charge in [0.25, 0.3) is 0 Å². The molecule has 1 heterocycles. The van der Waals surface area contributed by atoms with Crippen LogP contribution in [-0.2, 0) is 4.79 Å². The molecular formula is C13H23N5O. The van der Waals surface area contributed by atoms with Gasteiger partial charge < -0.3 is 15.5 Å². The third kappa shape index (κ3) is 4.39. The summed E-state index contributed by atoms with van der Waals surface area (Å²) in [6, 6.07) is 0. The van der Waals surface area contributed by atoms with Gasteiger partial charge in [0.1, 0.15) is 18.0 Å². The number of hydrogen-bond acceptors (Lipinski definition) is 5. The predicted octanol–water partition coefficient (Wildman–Crippen LogP) is 1.18. The molecule has 0 saturated heterocycles. The molecule has 2 N–H and O–H groups in total. The highest BCUT2D eigenvalue weighted by molar-refractivity contribution is 5.81. The highest BCUT2D eigenvalue weighted by atomic mass is 16.2. The molecule has 1 aromatic heterocycles. The molecule has 1 aromatic rings. The minimum Gasteiger partial charge on any atom is -0.370 e. The van der Waals surface area contributed by atoms with Gasteiger partial charge in [-0.05, 0) is 20.3 Å². The molecule has 106 valence electrons. The first-order chi connectivity index (χ1) is 9.10. The molecule has 0 aliphatic heterocycles. The monoisotopic (exact) mass is 265 g/mol. The topological polar surface area (TPSA) is 70.2 Å². The molecule has 0 aliphatic rings. The number of rotatable bonds is 7. The summed E-state index contributed by atoms with van der Waals surface area (Å²) in [5.41, 5.74) is 0.954. The zero-order valence-corrected chi connectivity index (χ0v) is 12.2. The van der Waals surface area contributed by atoms with Crippen LogP contribution in [0.25, 0.3) is 0 Å². The second kappa shape index (κ2) is 7.56. The Morgan fingerprint density at radius 3 is 2.74 bits per heavy atom. The van der Waals surface area contributed by atoms with Gasteiger partial charge in [0.2, 0.25) is 5.91 Å². The van der Waals surface area contributed by atoms with Crippen LogP contribution in [0.4, 0.5) is 11.6 Å². The highest BCUT2D eigenvalue weighted by Gasteiger charge is 2.13. The fourth-order valence-corrected chi connectivity index (χ4v) is 1.78. The second-order valence-corrected chi connectivity index (χ2v) is 4.41. The molecule has 0 bridgehead atoms. The maximum atomic E-state index is 11.7. The van der Waals surface area contributed by atoms with Crippen molar-refractivity contribution in [2.24, 2.45) is 0 Å². The van der Waals surface area contributed by atoms with E-state index in [1.54, 1.807) is 0 Å². The Labute approximate surface area is 114 Å². The van der Waals surface area contributed by atoms with Crippen LogP contribution in [0.15, 0.2) is 6.33 Å². The molecule has 0 atom stereocenters. The number of carbonyl (C=O) groups excluding carboxylic acids is 1. The van der Waals surface area contributed by atoms with Gasteiger partial charge >= 0.3 is 0 Å². The van der Waals surface area contributed by atoms with Gasteiger partial charge in [0.15, 0.2) is 0 Å². The van der Waals surface area contributed by atoms with Gasteiger partial charge in [0.05, 0.1) is 6.54 Å². The number of anilines is 2. The Kier molecular flexibility index (Phi) is 6.05. The van der Waals surface area contributed by atoms with E-state index in [1.807, 2.05) is 32.7 Å². The molecule has 0 saturated carbocycles. The summed E-state index contributed by atoms with van der Waals surface area (Å²) in [5, 5.41) is 6.03. The average Bonchev–Trinajstić information content (AvgIpc) is 2.39. The van der Waals surface area contributed by atoms with E-state index in [9.17, 15) is 4.79 Å². The largest absolute Gasteiger partial charge is 0.370 e. The first kappa shape index (κ1) is 15.2. The summed E-state index contributed by atoms with van der Waals surface area (Å²) in [4.78, 5) is 22.0. The maximum absolute atomic E-state index is 11.7. The van der Waals surface area contributed by atoms with E-state index in [0.29, 0.717) is 13.1 Å². The van der Waals surface area contributed by atoms with Crippen molar-refractivity contribution in [3.63, 3.8) is 0 Å². The number of hydrogen-bond donors (Lipinski definition) is 2. The highest BCUT2D eigenvalue weighted by Crippen LogP contribution is 2.20. The van der Waals surface area contributed by atoms with E-state index >= 15 is 0 Å². The van der Waals surface area contributed by atoms with Crippen LogP contribution in [0, 0.1) is 6.92 Å². The Bertz CT molecular complexity index is 421. The molecule has 0 spiro atoms. The molecular weight excluding hydrogens is 242 g/mol. The van der Waals surface area contributed by atoms with Gasteiger partial charge in [-0.15, -0.1) is 0 Å². The minimum absolute atomic E-state index is 0.00682. The lowest BCUT2D eigenvalue weighted by Gasteiger charge is -2.20. The minimum atomic E-state index is 0.00682. The lowest BCUT2D eigenvalue weighted by atomic mass is 10.3. The molecule has 1 rings (SSSR count). The zero-order chi connectivity index (χ0) is 14.3. The Morgan fingerprint density at radius 2 is 2.11 bits per heavy atom. The second-order valence-electron chi connectivity index (χ2n) is 4.41. The zero-order valence-electron chi connectivity index (χ0n) is 12.2. The predicted molar refractivity (Wildman–Crippen MR) is 77.5 cm³/mol. The van der Waals surface area contributed by atoms with Crippen LogP contribution < -0.4 is 15.5 Å². The van der Waals surface area contributed by atoms with Crippen molar-refractivity contribution in [2.45, 2.75) is 27.2 Å². The van der Waals surface area contributed by atoms with Crippen molar-refractivity contribution >= 4 is 17.5 Å². The first-order valence-corrected chi connectivity index (χ1v) is 6.63. The molecule has 0 aliphatic carbocycles. The summed E-state index contributed by atoms with van der Waals surface area (Å²) in [5.74, 6) is 1.60. The van der Waals surface area contributed by atoms with Crippen molar-refractivity contribution in [3.8, 4) is 0 Å². The Balaban J connectivity index is 2.73. The van der Waals surface area contributed by atoms with Crippen LogP contribution in [-0.4, -0.2) is 42.6 Å². The number of carbonyl (C=O) groups is 1. The van der Waals surface area contributed by atoms with Gasteiger partial charge in [-0.25, -0.2) is 9.97 Å². The molecule has 0 radical (unpaired) electrons. The Morgan fingerprint density at radius 1 is 1.37 bits per heavy atom. The molecule has 19 heavy (non-hydrogen) atoms. The van der Waals surface area contributed by atoms with E-state index in [4.69, 9.17) is 0 Å². The SMILES string of the molecule is CCCNC(=O)CN(C)c1ncnc(NCC)c1C. The van der Waals surface area contributed by atoms with Gasteiger partial charge in [0, 0.05) is 25.7 Å². The van der Waals surface area contributed by atoms with Crippen molar-refractivity contribution in [1.82, 2.24) is 15.3 Å². The third-order valence-electron chi connectivity index (χ3n) is 2.72. The lowest BCUT2D eigenvalue weighted by molar-refractivity contribution is -0.119. The van der Waals surface area contributed by atoms with E-state index in [-0.39, 0.29) is 5.91 Å². The summed E-state index contributed by atoms with van der Waals surface area (Å²) >= 11 is 0. The van der Waals surface area contributed by atoms with Crippen LogP contribution >= 0.6 is 0 Å². The van der Waals surface area contributed by atoms with E-state index in [2.05, 4.69) is 20.6 Å². The number of nitrogens with zero attached hydrogens (tertiary/aromatic N) is 3. The van der Waals surface area contributed by atoms with Crippen molar-refractivity contribution in [2.75, 3.05) is 36.9 Å². The maximum Gasteiger partial charge on any atom is 0.239 e. The summed E-state index contributed by atoms with van der Waals surface area (Å²) in [6.07, 6.45) is 2.45. The van der Waals surface area contributed by atoms with Gasteiger partial charge in [-0.3, -0.25) is 4.79 Å². The standard InChI is InChI=1S/C13H23N5O/c1-5-7-15-11(19)8-18(4)13-10(3)12(14-6-2)16-9-17-13/h9H,5-8H2,1-4H3,(H,15,19)(H,14,16,17). The van der Waals surface area contributed by atoms with Gasteiger partial charge in [-0.1, -0.05) is 6.92 Å². The number of amides is 1. The van der Waals surface area contributed by atoms with E-state index in [0.717, 1.165) is 30.2 Å². The number of likely N-dealkylation sites (N-methyl/N-ethyl adjacent to an activating group) is 1. The lowest BCUT2D eigenvalue weighted by Crippen LogP contribution is -2.36. The number of nitrogens with one attached hydrogen (secondary N) is 2. The smallest absolute Gasteiger partial charge is 0.239 e. The fourth-order valence-electron chi connectivity index (χ4n) is 1.78. The third-order valence-corrected chi connectivity index (χ3v) is 2.72. The molecule has 0 fully saturated rings. The molecule has 0 aromatic carbocycles. The first-order valence-electron chi connectivity index (χ1n) is 6.63. The molecule has 6 heteroatoms. The average molecular weight is 265 g/mol. The van der Waals surface area contributed by atoms with Crippen LogP contribution in [0.3, 0.4) is 0 Å². The molecule has 0 unspecified atom stereocenters. The number of aromatic nitrogens is 2. The van der Waals surface area contributed by atoms with E-state index < -0.39 is 0 Å². The normalized spacial score (nSPS) is 10.1. The molecule has 1 amide bonds. The molecule has 6 nitrogen and oxygen atoms in total. The van der Waals surface area contributed by atoms with Crippen molar-refractivity contribution in [3.05, 3.63) is 11.9 Å². The van der Waals surface area contributed by atoms with Crippen molar-refractivity contribution in [1.29, 1.82) is 0 Å². The van der Waals surface area contributed by atoms with Crippen LogP contribution in [0.5, 0.6) is 0 Å². The van der Waals surface area contributed by atoms with Crippen LogP contribution in [0.1, 0.15) is 25.8 Å². The van der Waals surface area contributed by atoms with Crippen molar-refractivity contribution < 1.29 is 4.79 Å². The summed E-state index contributed by atoms with van der Waals surface area (Å²) in [7, 11) is 1.86. The van der Waals surface area contributed by atoms with E-state index in [1.165, 1.54) is 6.33 Å². The Hall–Kier alpha value is -1.85. The summed E-state index contributed by atoms with van der Waals surface area (Å²) < 4.78 is 0. The van der Waals surface area contributed by atoms with Crippen LogP contribution in [0.2, 0.25) is 0 Å². The summed E-state index contributed by atoms with van der Waals surface area (Å²) in [6.45, 7) is 7.80. The quantitative estimate of drug-likeness (QED) is 0.774. The fraction of sp³-hybridized carbons (Fsp3) is 0.615. The van der Waals surface area contributed by atoms with Gasteiger partial charge in [-0.2, -0.15) is 0 Å².